The van der Waals surface area contributed by atoms with Crippen LogP contribution in [0, 0.1) is 0 Å². The normalized spacial score (nSPS) is 10.4. The molecular formula is C18H17Cl3N2O2. The van der Waals surface area contributed by atoms with E-state index in [9.17, 15) is 9.59 Å². The Labute approximate surface area is 161 Å². The summed E-state index contributed by atoms with van der Waals surface area (Å²) in [5.74, 6) is -0.538. The van der Waals surface area contributed by atoms with E-state index in [2.05, 4.69) is 5.32 Å². The topological polar surface area (TPSA) is 49.4 Å². The van der Waals surface area contributed by atoms with Gasteiger partial charge in [0, 0.05) is 23.5 Å². The fourth-order valence-corrected chi connectivity index (χ4v) is 3.04. The third-order valence-electron chi connectivity index (χ3n) is 3.56. The van der Waals surface area contributed by atoms with Crippen molar-refractivity contribution in [2.45, 2.75) is 13.3 Å². The molecule has 7 heteroatoms. The van der Waals surface area contributed by atoms with Gasteiger partial charge in [0.2, 0.25) is 11.8 Å². The van der Waals surface area contributed by atoms with Crippen molar-refractivity contribution in [3.05, 3.63) is 63.1 Å². The molecule has 0 atom stereocenters. The van der Waals surface area contributed by atoms with Gasteiger partial charge < -0.3 is 10.2 Å². The van der Waals surface area contributed by atoms with Gasteiger partial charge in [0.1, 0.15) is 6.54 Å². The Morgan fingerprint density at radius 2 is 1.76 bits per heavy atom. The molecule has 0 aliphatic carbocycles. The number of halogens is 3. The van der Waals surface area contributed by atoms with Gasteiger partial charge >= 0.3 is 0 Å². The predicted octanol–water partition coefficient (Wildman–Crippen LogP) is 4.36. The Hall–Kier alpha value is -1.75. The van der Waals surface area contributed by atoms with Crippen molar-refractivity contribution in [2.75, 3.05) is 18.0 Å². The second-order valence-electron chi connectivity index (χ2n) is 5.39. The standard InChI is InChI=1S/C18H17Cl3N2O2/c1-12(24)23(17-5-3-2-4-15(17)20)11-18(25)22-9-8-13-6-7-14(19)10-16(13)21/h2-7,10H,8-9,11H2,1H3,(H,22,25). The van der Waals surface area contributed by atoms with Gasteiger partial charge in [-0.3, -0.25) is 9.59 Å². The summed E-state index contributed by atoms with van der Waals surface area (Å²) < 4.78 is 0. The molecule has 2 aromatic rings. The molecule has 0 spiro atoms. The molecule has 0 unspecified atom stereocenters. The van der Waals surface area contributed by atoms with Crippen molar-refractivity contribution < 1.29 is 9.59 Å². The van der Waals surface area contributed by atoms with Crippen molar-refractivity contribution in [1.82, 2.24) is 5.32 Å². The van der Waals surface area contributed by atoms with Gasteiger partial charge in [-0.05, 0) is 36.2 Å². The second kappa shape index (κ2) is 9.09. The van der Waals surface area contributed by atoms with Crippen LogP contribution in [0.15, 0.2) is 42.5 Å². The number of nitrogens with one attached hydrogen (secondary N) is 1. The number of carbonyl (C=O) groups is 2. The van der Waals surface area contributed by atoms with E-state index in [0.29, 0.717) is 33.7 Å². The molecule has 25 heavy (non-hydrogen) atoms. The number of hydrogen-bond acceptors (Lipinski definition) is 2. The van der Waals surface area contributed by atoms with Gasteiger partial charge in [-0.25, -0.2) is 0 Å². The fourth-order valence-electron chi connectivity index (χ4n) is 2.30. The van der Waals surface area contributed by atoms with Crippen molar-refractivity contribution in [3.63, 3.8) is 0 Å². The molecule has 4 nitrogen and oxygen atoms in total. The van der Waals surface area contributed by atoms with E-state index in [1.165, 1.54) is 11.8 Å². The number of rotatable bonds is 6. The highest BCUT2D eigenvalue weighted by Crippen LogP contribution is 2.25. The van der Waals surface area contributed by atoms with Gasteiger partial charge in [0.15, 0.2) is 0 Å². The van der Waals surface area contributed by atoms with Crippen LogP contribution in [-0.2, 0) is 16.0 Å². The number of hydrogen-bond donors (Lipinski definition) is 1. The average molecular weight is 400 g/mol. The quantitative estimate of drug-likeness (QED) is 0.784. The monoisotopic (exact) mass is 398 g/mol. The summed E-state index contributed by atoms with van der Waals surface area (Å²) >= 11 is 18.1. The molecule has 0 saturated heterocycles. The molecule has 2 aromatic carbocycles. The highest BCUT2D eigenvalue weighted by atomic mass is 35.5. The van der Waals surface area contributed by atoms with Crippen LogP contribution in [0.2, 0.25) is 15.1 Å². The third-order valence-corrected chi connectivity index (χ3v) is 4.46. The van der Waals surface area contributed by atoms with Gasteiger partial charge in [-0.15, -0.1) is 0 Å². The molecule has 1 N–H and O–H groups in total. The molecule has 0 heterocycles. The van der Waals surface area contributed by atoms with Crippen LogP contribution in [0.3, 0.4) is 0 Å². The zero-order valence-corrected chi connectivity index (χ0v) is 15.8. The molecule has 2 amide bonds. The summed E-state index contributed by atoms with van der Waals surface area (Å²) in [7, 11) is 0. The minimum atomic E-state index is -0.278. The summed E-state index contributed by atoms with van der Waals surface area (Å²) in [5, 5.41) is 4.32. The number of amides is 2. The zero-order chi connectivity index (χ0) is 18.4. The van der Waals surface area contributed by atoms with Crippen LogP contribution >= 0.6 is 34.8 Å². The Morgan fingerprint density at radius 1 is 1.04 bits per heavy atom. The third kappa shape index (κ3) is 5.63. The van der Waals surface area contributed by atoms with Crippen LogP contribution in [0.25, 0.3) is 0 Å². The van der Waals surface area contributed by atoms with E-state index < -0.39 is 0 Å². The number of para-hydroxylation sites is 1. The molecular weight excluding hydrogens is 383 g/mol. The average Bonchev–Trinajstić information content (AvgIpc) is 2.55. The first kappa shape index (κ1) is 19.6. The van der Waals surface area contributed by atoms with E-state index in [1.54, 1.807) is 36.4 Å². The Morgan fingerprint density at radius 3 is 2.40 bits per heavy atom. The van der Waals surface area contributed by atoms with E-state index in [-0.39, 0.29) is 18.4 Å². The lowest BCUT2D eigenvalue weighted by atomic mass is 10.1. The number of benzene rings is 2. The molecule has 132 valence electrons. The first-order valence-electron chi connectivity index (χ1n) is 7.61. The van der Waals surface area contributed by atoms with E-state index in [4.69, 9.17) is 34.8 Å². The van der Waals surface area contributed by atoms with Crippen molar-refractivity contribution in [3.8, 4) is 0 Å². The van der Waals surface area contributed by atoms with E-state index >= 15 is 0 Å². The van der Waals surface area contributed by atoms with Crippen LogP contribution in [0.1, 0.15) is 12.5 Å². The summed E-state index contributed by atoms with van der Waals surface area (Å²) in [6, 6.07) is 12.1. The summed E-state index contributed by atoms with van der Waals surface area (Å²) in [5.41, 5.74) is 1.40. The van der Waals surface area contributed by atoms with E-state index in [1.807, 2.05) is 6.07 Å². The van der Waals surface area contributed by atoms with Gasteiger partial charge in [0.05, 0.1) is 10.7 Å². The van der Waals surface area contributed by atoms with Crippen LogP contribution < -0.4 is 10.2 Å². The maximum absolute atomic E-state index is 12.2. The number of nitrogens with zero attached hydrogens (tertiary/aromatic N) is 1. The second-order valence-corrected chi connectivity index (χ2v) is 6.64. The first-order chi connectivity index (χ1) is 11.9. The maximum Gasteiger partial charge on any atom is 0.240 e. The lowest BCUT2D eigenvalue weighted by Crippen LogP contribution is -2.40. The van der Waals surface area contributed by atoms with Gasteiger partial charge in [0.25, 0.3) is 0 Å². The molecule has 0 radical (unpaired) electrons. The van der Waals surface area contributed by atoms with Crippen molar-refractivity contribution in [2.24, 2.45) is 0 Å². The Bertz CT molecular complexity index is 781. The van der Waals surface area contributed by atoms with Crippen LogP contribution in [0.5, 0.6) is 0 Å². The molecule has 0 bridgehead atoms. The summed E-state index contributed by atoms with van der Waals surface area (Å²) in [6.07, 6.45) is 0.563. The van der Waals surface area contributed by atoms with Crippen LogP contribution in [0.4, 0.5) is 5.69 Å². The number of carbonyl (C=O) groups excluding carboxylic acids is 2. The van der Waals surface area contributed by atoms with Gasteiger partial charge in [-0.1, -0.05) is 53.0 Å². The SMILES string of the molecule is CC(=O)N(CC(=O)NCCc1ccc(Cl)cc1Cl)c1ccccc1Cl. The maximum atomic E-state index is 12.2. The lowest BCUT2D eigenvalue weighted by molar-refractivity contribution is -0.123. The van der Waals surface area contributed by atoms with Crippen molar-refractivity contribution in [1.29, 1.82) is 0 Å². The largest absolute Gasteiger partial charge is 0.354 e. The predicted molar refractivity (Wildman–Crippen MR) is 103 cm³/mol. The van der Waals surface area contributed by atoms with Crippen molar-refractivity contribution >= 4 is 52.3 Å². The Balaban J connectivity index is 1.94. The summed E-state index contributed by atoms with van der Waals surface area (Å²) in [6.45, 7) is 1.69. The highest BCUT2D eigenvalue weighted by Gasteiger charge is 2.17. The minimum Gasteiger partial charge on any atom is -0.354 e. The number of anilines is 1. The summed E-state index contributed by atoms with van der Waals surface area (Å²) in [4.78, 5) is 25.4. The highest BCUT2D eigenvalue weighted by molar-refractivity contribution is 6.35. The lowest BCUT2D eigenvalue weighted by Gasteiger charge is -2.21. The molecule has 0 saturated carbocycles. The molecule has 0 aromatic heterocycles. The van der Waals surface area contributed by atoms with Crippen LogP contribution in [-0.4, -0.2) is 24.9 Å². The molecule has 2 rings (SSSR count). The smallest absolute Gasteiger partial charge is 0.240 e. The molecule has 0 fully saturated rings. The molecule has 0 aliphatic heterocycles. The zero-order valence-electron chi connectivity index (χ0n) is 13.6. The first-order valence-corrected chi connectivity index (χ1v) is 8.75. The molecule has 0 aliphatic rings. The van der Waals surface area contributed by atoms with Gasteiger partial charge in [-0.2, -0.15) is 0 Å². The van der Waals surface area contributed by atoms with E-state index in [0.717, 1.165) is 5.56 Å². The fraction of sp³-hybridized carbons (Fsp3) is 0.222. The Kier molecular flexibility index (Phi) is 7.12. The minimum absolute atomic E-state index is 0.104.